The highest BCUT2D eigenvalue weighted by Gasteiger charge is 2.26. The summed E-state index contributed by atoms with van der Waals surface area (Å²) in [6, 6.07) is 9.23. The molecular formula is C12H11NO3. The number of hydrogen-bond acceptors (Lipinski definition) is 4. The van der Waals surface area contributed by atoms with Gasteiger partial charge in [-0.2, -0.15) is 0 Å². The molecule has 16 heavy (non-hydrogen) atoms. The maximum absolute atomic E-state index is 11.3. The monoisotopic (exact) mass is 217 g/mol. The van der Waals surface area contributed by atoms with Gasteiger partial charge in [0.05, 0.1) is 11.4 Å². The molecule has 0 saturated heterocycles. The van der Waals surface area contributed by atoms with Crippen LogP contribution in [0.25, 0.3) is 0 Å². The van der Waals surface area contributed by atoms with E-state index in [4.69, 9.17) is 4.74 Å². The Balaban J connectivity index is 2.33. The van der Waals surface area contributed by atoms with Crippen LogP contribution in [0.5, 0.6) is 0 Å². The summed E-state index contributed by atoms with van der Waals surface area (Å²) in [6.07, 6.45) is 0. The molecule has 0 aromatic heterocycles. The third-order valence-electron chi connectivity index (χ3n) is 2.25. The van der Waals surface area contributed by atoms with E-state index in [1.165, 1.54) is 0 Å². The zero-order chi connectivity index (χ0) is 11.5. The van der Waals surface area contributed by atoms with Gasteiger partial charge in [-0.15, -0.1) is 0 Å². The van der Waals surface area contributed by atoms with E-state index in [-0.39, 0.29) is 17.9 Å². The minimum atomic E-state index is -0.519. The molecule has 2 rings (SSSR count). The van der Waals surface area contributed by atoms with E-state index in [1.807, 2.05) is 30.3 Å². The fraction of sp³-hybridized carbons (Fsp3) is 0.167. The summed E-state index contributed by atoms with van der Waals surface area (Å²) in [5.41, 5.74) is 1.37. The summed E-state index contributed by atoms with van der Waals surface area (Å²) in [5.74, 6) is -0.572. The van der Waals surface area contributed by atoms with E-state index in [1.54, 1.807) is 6.92 Å². The molecule has 1 aliphatic rings. The molecule has 0 aliphatic carbocycles. The average Bonchev–Trinajstić information content (AvgIpc) is 2.60. The number of carbonyl (C=O) groups is 1. The van der Waals surface area contributed by atoms with Gasteiger partial charge in [0.2, 0.25) is 0 Å². The number of cyclic esters (lactones) is 1. The molecule has 0 bridgehead atoms. The highest BCUT2D eigenvalue weighted by molar-refractivity contribution is 6.20. The number of para-hydroxylation sites is 1. The number of esters is 1. The maximum atomic E-state index is 11.3. The molecule has 1 N–H and O–H groups in total. The van der Waals surface area contributed by atoms with Gasteiger partial charge in [-0.1, -0.05) is 18.2 Å². The van der Waals surface area contributed by atoms with Crippen molar-refractivity contribution in [2.75, 3.05) is 6.61 Å². The minimum Gasteiger partial charge on any atom is -0.508 e. The minimum absolute atomic E-state index is 0.0535. The molecule has 1 aromatic carbocycles. The van der Waals surface area contributed by atoms with Crippen molar-refractivity contribution in [3.05, 3.63) is 41.7 Å². The van der Waals surface area contributed by atoms with Crippen molar-refractivity contribution < 1.29 is 14.6 Å². The normalized spacial score (nSPS) is 16.6. The van der Waals surface area contributed by atoms with Gasteiger partial charge in [0.25, 0.3) is 0 Å². The van der Waals surface area contributed by atoms with Gasteiger partial charge in [-0.3, -0.25) is 4.99 Å². The summed E-state index contributed by atoms with van der Waals surface area (Å²) in [7, 11) is 0. The second-order valence-corrected chi connectivity index (χ2v) is 3.43. The lowest BCUT2D eigenvalue weighted by Gasteiger charge is -1.99. The van der Waals surface area contributed by atoms with Crippen molar-refractivity contribution in [2.45, 2.75) is 6.92 Å². The van der Waals surface area contributed by atoms with E-state index in [2.05, 4.69) is 4.99 Å². The summed E-state index contributed by atoms with van der Waals surface area (Å²) in [4.78, 5) is 15.5. The van der Waals surface area contributed by atoms with Gasteiger partial charge >= 0.3 is 5.97 Å². The fourth-order valence-electron chi connectivity index (χ4n) is 1.50. The first-order valence-electron chi connectivity index (χ1n) is 4.88. The summed E-state index contributed by atoms with van der Waals surface area (Å²) < 4.78 is 4.69. The smallest absolute Gasteiger partial charge is 0.344 e. The van der Waals surface area contributed by atoms with E-state index in [9.17, 15) is 9.90 Å². The zero-order valence-electron chi connectivity index (χ0n) is 8.80. The van der Waals surface area contributed by atoms with Crippen molar-refractivity contribution in [3.63, 3.8) is 0 Å². The van der Waals surface area contributed by atoms with Crippen LogP contribution < -0.4 is 0 Å². The first-order chi connectivity index (χ1) is 7.68. The molecule has 0 spiro atoms. The van der Waals surface area contributed by atoms with Gasteiger partial charge < -0.3 is 9.84 Å². The zero-order valence-corrected chi connectivity index (χ0v) is 8.80. The molecule has 82 valence electrons. The van der Waals surface area contributed by atoms with E-state index >= 15 is 0 Å². The largest absolute Gasteiger partial charge is 0.508 e. The lowest BCUT2D eigenvalue weighted by molar-refractivity contribution is -0.135. The van der Waals surface area contributed by atoms with Crippen LogP contribution in [0.3, 0.4) is 0 Å². The van der Waals surface area contributed by atoms with E-state index in [0.717, 1.165) is 5.69 Å². The average molecular weight is 217 g/mol. The van der Waals surface area contributed by atoms with Crippen LogP contribution in [0.15, 0.2) is 46.7 Å². The van der Waals surface area contributed by atoms with Crippen molar-refractivity contribution >= 4 is 17.4 Å². The van der Waals surface area contributed by atoms with Crippen LogP contribution in [0.1, 0.15) is 6.92 Å². The Kier molecular flexibility index (Phi) is 2.72. The number of rotatable bonds is 2. The molecule has 4 heteroatoms. The van der Waals surface area contributed by atoms with Gasteiger partial charge in [0.1, 0.15) is 17.9 Å². The fourth-order valence-corrected chi connectivity index (χ4v) is 1.50. The van der Waals surface area contributed by atoms with E-state index < -0.39 is 5.97 Å². The number of ether oxygens (including phenoxy) is 1. The lowest BCUT2D eigenvalue weighted by atomic mass is 10.1. The van der Waals surface area contributed by atoms with Crippen molar-refractivity contribution in [1.29, 1.82) is 0 Å². The maximum Gasteiger partial charge on any atom is 0.344 e. The number of aliphatic hydroxyl groups excluding tert-OH is 1. The summed E-state index contributed by atoms with van der Waals surface area (Å²) in [6.45, 7) is 1.61. The molecule has 4 nitrogen and oxygen atoms in total. The standard InChI is InChI=1S/C12H11NO3/c1-8(11-10(14)7-16-12(11)15)13-9-5-3-2-4-6-9/h2-6,14H,7H2,1H3. The van der Waals surface area contributed by atoms with Gasteiger partial charge in [-0.25, -0.2) is 4.79 Å². The van der Waals surface area contributed by atoms with Crippen LogP contribution in [0.2, 0.25) is 0 Å². The quantitative estimate of drug-likeness (QED) is 0.610. The van der Waals surface area contributed by atoms with Gasteiger partial charge in [-0.05, 0) is 19.1 Å². The topological polar surface area (TPSA) is 58.9 Å². The van der Waals surface area contributed by atoms with Crippen LogP contribution in [-0.4, -0.2) is 23.4 Å². The highest BCUT2D eigenvalue weighted by atomic mass is 16.5. The van der Waals surface area contributed by atoms with Crippen LogP contribution >= 0.6 is 0 Å². The highest BCUT2D eigenvalue weighted by Crippen LogP contribution is 2.18. The third-order valence-corrected chi connectivity index (χ3v) is 2.25. The Morgan fingerprint density at radius 1 is 1.38 bits per heavy atom. The number of benzene rings is 1. The first kappa shape index (κ1) is 10.4. The lowest BCUT2D eigenvalue weighted by Crippen LogP contribution is -2.07. The Morgan fingerprint density at radius 3 is 2.62 bits per heavy atom. The Morgan fingerprint density at radius 2 is 2.06 bits per heavy atom. The third kappa shape index (κ3) is 1.95. The predicted molar refractivity (Wildman–Crippen MR) is 59.8 cm³/mol. The van der Waals surface area contributed by atoms with Crippen molar-refractivity contribution in [2.24, 2.45) is 4.99 Å². The molecule has 1 aromatic rings. The predicted octanol–water partition coefficient (Wildman–Crippen LogP) is 2.15. The SMILES string of the molecule is CC(=Nc1ccccc1)C1=C(O)COC1=O. The molecule has 0 saturated carbocycles. The molecule has 0 fully saturated rings. The Bertz CT molecular complexity index is 474. The van der Waals surface area contributed by atoms with Gasteiger partial charge in [0, 0.05) is 0 Å². The van der Waals surface area contributed by atoms with Gasteiger partial charge in [0.15, 0.2) is 0 Å². The van der Waals surface area contributed by atoms with E-state index in [0.29, 0.717) is 5.71 Å². The van der Waals surface area contributed by atoms with Crippen molar-refractivity contribution in [1.82, 2.24) is 0 Å². The summed E-state index contributed by atoms with van der Waals surface area (Å²) in [5, 5.41) is 9.46. The molecule has 1 aliphatic heterocycles. The molecule has 1 heterocycles. The second kappa shape index (κ2) is 4.18. The number of hydrogen-bond donors (Lipinski definition) is 1. The number of aliphatic hydroxyl groups is 1. The second-order valence-electron chi connectivity index (χ2n) is 3.43. The molecular weight excluding hydrogens is 206 g/mol. The number of aliphatic imine (C=N–C) groups is 1. The molecule has 0 atom stereocenters. The molecule has 0 radical (unpaired) electrons. The first-order valence-corrected chi connectivity index (χ1v) is 4.88. The number of nitrogens with zero attached hydrogens (tertiary/aromatic N) is 1. The Hall–Kier alpha value is -2.10. The van der Waals surface area contributed by atoms with Crippen LogP contribution in [-0.2, 0) is 9.53 Å². The number of carbonyl (C=O) groups excluding carboxylic acids is 1. The van der Waals surface area contributed by atoms with Crippen LogP contribution in [0.4, 0.5) is 5.69 Å². The molecule has 0 amide bonds. The molecule has 0 unspecified atom stereocenters. The Labute approximate surface area is 92.9 Å². The van der Waals surface area contributed by atoms with Crippen molar-refractivity contribution in [3.8, 4) is 0 Å². The summed E-state index contributed by atoms with van der Waals surface area (Å²) >= 11 is 0. The van der Waals surface area contributed by atoms with Crippen LogP contribution in [0, 0.1) is 0 Å².